The van der Waals surface area contributed by atoms with E-state index in [2.05, 4.69) is 0 Å². The van der Waals surface area contributed by atoms with Crippen molar-refractivity contribution >= 4 is 22.5 Å². The van der Waals surface area contributed by atoms with Gasteiger partial charge in [-0.15, -0.1) is 0 Å². The minimum absolute atomic E-state index is 0.382. The molecule has 1 aromatic heterocycles. The first-order valence-corrected chi connectivity index (χ1v) is 7.28. The van der Waals surface area contributed by atoms with E-state index in [9.17, 15) is 14.6 Å². The Morgan fingerprint density at radius 2 is 1.95 bits per heavy atom. The highest BCUT2D eigenvalue weighted by molar-refractivity contribution is 6.31. The van der Waals surface area contributed by atoms with Gasteiger partial charge in [-0.1, -0.05) is 23.7 Å². The molecule has 0 saturated carbocycles. The van der Waals surface area contributed by atoms with Crippen molar-refractivity contribution < 1.29 is 14.6 Å². The van der Waals surface area contributed by atoms with E-state index >= 15 is 0 Å². The molecule has 2 aromatic carbocycles. The van der Waals surface area contributed by atoms with Gasteiger partial charge in [-0.05, 0) is 42.0 Å². The molecule has 0 radical (unpaired) electrons. The Labute approximate surface area is 132 Å². The van der Waals surface area contributed by atoms with Crippen LogP contribution in [0.5, 0.6) is 0 Å². The van der Waals surface area contributed by atoms with Gasteiger partial charge in [-0.25, -0.2) is 4.39 Å². The summed E-state index contributed by atoms with van der Waals surface area (Å²) in [6.07, 6.45) is 0.753. The lowest BCUT2D eigenvalue weighted by molar-refractivity contribution is 0.0653. The number of nitrogens with zero attached hydrogens (tertiary/aromatic N) is 1. The van der Waals surface area contributed by atoms with Gasteiger partial charge in [0.05, 0.1) is 12.6 Å². The van der Waals surface area contributed by atoms with Crippen LogP contribution in [0.2, 0.25) is 5.02 Å². The van der Waals surface area contributed by atoms with Crippen LogP contribution < -0.4 is 0 Å². The van der Waals surface area contributed by atoms with Gasteiger partial charge in [0.25, 0.3) is 0 Å². The summed E-state index contributed by atoms with van der Waals surface area (Å²) in [5, 5.41) is 21.1. The molecule has 0 spiro atoms. The molecule has 0 aliphatic heterocycles. The molecule has 3 rings (SSSR count). The van der Waals surface area contributed by atoms with Crippen molar-refractivity contribution in [3.63, 3.8) is 0 Å². The summed E-state index contributed by atoms with van der Waals surface area (Å²) < 4.78 is 15.4. The van der Waals surface area contributed by atoms with Crippen molar-refractivity contribution in [1.29, 1.82) is 0 Å². The monoisotopic (exact) mass is 319 g/mol. The van der Waals surface area contributed by atoms with E-state index in [1.165, 1.54) is 12.1 Å². The number of halogens is 2. The molecule has 0 aliphatic rings. The van der Waals surface area contributed by atoms with Crippen LogP contribution in [0.25, 0.3) is 10.9 Å². The average Bonchev–Trinajstić information content (AvgIpc) is 2.90. The maximum Gasteiger partial charge on any atom is 0.123 e. The molecule has 2 N–H and O–H groups in total. The molecule has 0 aliphatic carbocycles. The van der Waals surface area contributed by atoms with Crippen LogP contribution in [0.4, 0.5) is 4.39 Å². The van der Waals surface area contributed by atoms with Crippen molar-refractivity contribution in [2.45, 2.75) is 12.1 Å². The summed E-state index contributed by atoms with van der Waals surface area (Å²) in [7, 11) is 0. The molecule has 0 bridgehead atoms. The summed E-state index contributed by atoms with van der Waals surface area (Å²) in [6, 6.07) is 12.7. The van der Waals surface area contributed by atoms with Crippen LogP contribution in [0, 0.1) is 5.82 Å². The molecule has 5 heteroatoms. The fourth-order valence-corrected chi connectivity index (χ4v) is 2.92. The lowest BCUT2D eigenvalue weighted by atomic mass is 10.0. The average molecular weight is 320 g/mol. The third-order valence-electron chi connectivity index (χ3n) is 3.72. The molecule has 0 amide bonds. The highest BCUT2D eigenvalue weighted by atomic mass is 35.5. The van der Waals surface area contributed by atoms with Gasteiger partial charge in [0.1, 0.15) is 11.9 Å². The highest BCUT2D eigenvalue weighted by Crippen LogP contribution is 2.29. The maximum atomic E-state index is 13.5. The Kier molecular flexibility index (Phi) is 4.16. The number of hydrogen-bond donors (Lipinski definition) is 2. The maximum absolute atomic E-state index is 13.5. The highest BCUT2D eigenvalue weighted by Gasteiger charge is 2.24. The summed E-state index contributed by atoms with van der Waals surface area (Å²) in [4.78, 5) is 0. The molecule has 2 atom stereocenters. The number of hydrogen-bond acceptors (Lipinski definition) is 2. The molecule has 3 aromatic rings. The van der Waals surface area contributed by atoms with Crippen LogP contribution >= 0.6 is 11.6 Å². The molecule has 1 heterocycles. The Morgan fingerprint density at radius 3 is 2.68 bits per heavy atom. The lowest BCUT2D eigenvalue weighted by Crippen LogP contribution is -2.28. The second kappa shape index (κ2) is 6.08. The normalized spacial score (nSPS) is 14.2. The van der Waals surface area contributed by atoms with Gasteiger partial charge in [-0.3, -0.25) is 0 Å². The molecule has 22 heavy (non-hydrogen) atoms. The van der Waals surface area contributed by atoms with Crippen molar-refractivity contribution in [3.05, 3.63) is 71.1 Å². The van der Waals surface area contributed by atoms with Crippen molar-refractivity contribution in [1.82, 2.24) is 4.57 Å². The molecule has 0 saturated heterocycles. The smallest absolute Gasteiger partial charge is 0.123 e. The zero-order valence-corrected chi connectivity index (χ0v) is 12.4. The quantitative estimate of drug-likeness (QED) is 0.774. The molecule has 3 nitrogen and oxygen atoms in total. The second-order valence-electron chi connectivity index (χ2n) is 5.18. The molecular formula is C17H15ClFNO2. The first-order chi connectivity index (χ1) is 10.6. The van der Waals surface area contributed by atoms with Crippen molar-refractivity contribution in [3.8, 4) is 0 Å². The first-order valence-electron chi connectivity index (χ1n) is 6.90. The summed E-state index contributed by atoms with van der Waals surface area (Å²) in [5.41, 5.74) is 1.44. The van der Waals surface area contributed by atoms with Crippen molar-refractivity contribution in [2.75, 3.05) is 6.61 Å². The van der Waals surface area contributed by atoms with Crippen LogP contribution in [0.3, 0.4) is 0 Å². The van der Waals surface area contributed by atoms with E-state index in [0.29, 0.717) is 10.6 Å². The zero-order valence-electron chi connectivity index (χ0n) is 11.7. The molecule has 2 unspecified atom stereocenters. The van der Waals surface area contributed by atoms with E-state index in [0.717, 1.165) is 10.9 Å². The molecule has 0 fully saturated rings. The van der Waals surface area contributed by atoms with Crippen LogP contribution in [-0.4, -0.2) is 27.5 Å². The Morgan fingerprint density at radius 1 is 1.14 bits per heavy atom. The Bertz CT molecular complexity index is 802. The SMILES string of the molecule is OCC(O)C(c1cccc(F)c1)n1ccc2cc(Cl)ccc21. The van der Waals surface area contributed by atoms with E-state index in [-0.39, 0.29) is 5.82 Å². The van der Waals surface area contributed by atoms with Gasteiger partial charge >= 0.3 is 0 Å². The van der Waals surface area contributed by atoms with E-state index in [4.69, 9.17) is 11.6 Å². The predicted octanol–water partition coefficient (Wildman–Crippen LogP) is 3.38. The number of aliphatic hydroxyl groups is 2. The van der Waals surface area contributed by atoms with E-state index in [1.54, 1.807) is 24.4 Å². The van der Waals surface area contributed by atoms with Gasteiger partial charge < -0.3 is 14.8 Å². The molecular weight excluding hydrogens is 305 g/mol. The number of aliphatic hydroxyl groups excluding tert-OH is 2. The fourth-order valence-electron chi connectivity index (χ4n) is 2.74. The van der Waals surface area contributed by atoms with E-state index in [1.807, 2.05) is 22.8 Å². The number of benzene rings is 2. The number of aromatic nitrogens is 1. The van der Waals surface area contributed by atoms with Crippen molar-refractivity contribution in [2.24, 2.45) is 0 Å². The Balaban J connectivity index is 2.16. The van der Waals surface area contributed by atoms with Crippen LogP contribution in [-0.2, 0) is 0 Å². The van der Waals surface area contributed by atoms with Crippen LogP contribution in [0.1, 0.15) is 11.6 Å². The van der Waals surface area contributed by atoms with Gasteiger partial charge in [0.2, 0.25) is 0 Å². The predicted molar refractivity (Wildman–Crippen MR) is 84.6 cm³/mol. The minimum Gasteiger partial charge on any atom is -0.394 e. The number of fused-ring (bicyclic) bond motifs is 1. The first kappa shape index (κ1) is 15.0. The zero-order chi connectivity index (χ0) is 15.7. The number of rotatable bonds is 4. The Hall–Kier alpha value is -1.88. The summed E-state index contributed by atoms with van der Waals surface area (Å²) in [5.74, 6) is -0.382. The third-order valence-corrected chi connectivity index (χ3v) is 3.96. The van der Waals surface area contributed by atoms with Gasteiger partial charge in [0, 0.05) is 22.1 Å². The molecule has 114 valence electrons. The summed E-state index contributed by atoms with van der Waals surface area (Å²) >= 11 is 5.99. The lowest BCUT2D eigenvalue weighted by Gasteiger charge is -2.25. The largest absolute Gasteiger partial charge is 0.394 e. The fraction of sp³-hybridized carbons (Fsp3) is 0.176. The van der Waals surface area contributed by atoms with E-state index < -0.39 is 18.8 Å². The van der Waals surface area contributed by atoms with Gasteiger partial charge in [-0.2, -0.15) is 0 Å². The van der Waals surface area contributed by atoms with Gasteiger partial charge in [0.15, 0.2) is 0 Å². The second-order valence-corrected chi connectivity index (χ2v) is 5.61. The topological polar surface area (TPSA) is 45.4 Å². The van der Waals surface area contributed by atoms with Crippen LogP contribution in [0.15, 0.2) is 54.7 Å². The standard InChI is InChI=1S/C17H15ClFNO2/c18-13-4-5-15-11(8-13)6-7-20(15)17(16(22)10-21)12-2-1-3-14(19)9-12/h1-9,16-17,21-22H,10H2. The minimum atomic E-state index is -1.05. The third kappa shape index (κ3) is 2.73. The summed E-state index contributed by atoms with van der Waals surface area (Å²) in [6.45, 7) is -0.422.